The van der Waals surface area contributed by atoms with Crippen molar-refractivity contribution in [1.82, 2.24) is 10.6 Å². The van der Waals surface area contributed by atoms with E-state index in [-0.39, 0.29) is 24.4 Å². The molecule has 0 saturated heterocycles. The van der Waals surface area contributed by atoms with E-state index in [1.54, 1.807) is 11.3 Å². The van der Waals surface area contributed by atoms with Gasteiger partial charge in [0.15, 0.2) is 0 Å². The van der Waals surface area contributed by atoms with Crippen molar-refractivity contribution >= 4 is 23.2 Å². The van der Waals surface area contributed by atoms with Crippen LogP contribution < -0.4 is 10.6 Å². The number of amides is 2. The van der Waals surface area contributed by atoms with Gasteiger partial charge in [-0.3, -0.25) is 9.59 Å². The van der Waals surface area contributed by atoms with Crippen LogP contribution in [0.3, 0.4) is 0 Å². The molecule has 0 aliphatic heterocycles. The molecule has 0 unspecified atom stereocenters. The lowest BCUT2D eigenvalue weighted by atomic mass is 10.2. The van der Waals surface area contributed by atoms with Gasteiger partial charge < -0.3 is 10.6 Å². The fraction of sp³-hybridized carbons (Fsp3) is 0.250. The second kappa shape index (κ2) is 7.82. The Labute approximate surface area is 136 Å². The van der Waals surface area contributed by atoms with Gasteiger partial charge in [-0.1, -0.05) is 0 Å². The highest BCUT2D eigenvalue weighted by atomic mass is 32.1. The van der Waals surface area contributed by atoms with Crippen LogP contribution in [-0.4, -0.2) is 18.4 Å². The van der Waals surface area contributed by atoms with Gasteiger partial charge in [0.05, 0.1) is 12.1 Å². The molecule has 2 aromatic rings. The lowest BCUT2D eigenvalue weighted by Crippen LogP contribution is -2.30. The van der Waals surface area contributed by atoms with Gasteiger partial charge in [-0.15, -0.1) is 11.3 Å². The van der Waals surface area contributed by atoms with Crippen molar-refractivity contribution < 1.29 is 18.4 Å². The van der Waals surface area contributed by atoms with Crippen molar-refractivity contribution in [2.24, 2.45) is 0 Å². The summed E-state index contributed by atoms with van der Waals surface area (Å²) < 4.78 is 26.2. The molecule has 1 heterocycles. The average Bonchev–Trinajstić information content (AvgIpc) is 2.90. The zero-order valence-corrected chi connectivity index (χ0v) is 13.3. The molecule has 2 N–H and O–H groups in total. The first-order valence-corrected chi connectivity index (χ1v) is 7.88. The number of rotatable bonds is 6. The van der Waals surface area contributed by atoms with Crippen molar-refractivity contribution in [3.05, 3.63) is 57.3 Å². The van der Waals surface area contributed by atoms with Gasteiger partial charge >= 0.3 is 0 Å². The van der Waals surface area contributed by atoms with Crippen LogP contribution in [0.2, 0.25) is 0 Å². The number of halogens is 2. The van der Waals surface area contributed by atoms with Gasteiger partial charge in [-0.05, 0) is 36.1 Å². The normalized spacial score (nSPS) is 10.4. The molecule has 122 valence electrons. The maximum Gasteiger partial charge on any atom is 0.254 e. The molecule has 23 heavy (non-hydrogen) atoms. The van der Waals surface area contributed by atoms with Crippen LogP contribution in [0.15, 0.2) is 29.6 Å². The lowest BCUT2D eigenvalue weighted by Gasteiger charge is -2.07. The number of benzene rings is 1. The second-order valence-electron chi connectivity index (χ2n) is 4.93. The van der Waals surface area contributed by atoms with Crippen molar-refractivity contribution in [3.8, 4) is 0 Å². The number of carbonyl (C=O) groups excluding carboxylic acids is 2. The van der Waals surface area contributed by atoms with Gasteiger partial charge in [0, 0.05) is 23.9 Å². The van der Waals surface area contributed by atoms with Gasteiger partial charge in [0.2, 0.25) is 5.91 Å². The second-order valence-corrected chi connectivity index (χ2v) is 5.93. The summed E-state index contributed by atoms with van der Waals surface area (Å²) in [5, 5.41) is 7.14. The molecule has 7 heteroatoms. The van der Waals surface area contributed by atoms with Crippen molar-refractivity contribution in [2.75, 3.05) is 6.54 Å². The highest BCUT2D eigenvalue weighted by Gasteiger charge is 2.12. The number of aryl methyl sites for hydroxylation is 1. The third-order valence-corrected chi connectivity index (χ3v) is 4.25. The average molecular weight is 338 g/mol. The van der Waals surface area contributed by atoms with E-state index < -0.39 is 17.5 Å². The van der Waals surface area contributed by atoms with Crippen LogP contribution in [0.5, 0.6) is 0 Å². The molecule has 2 rings (SSSR count). The number of carbonyl (C=O) groups is 2. The topological polar surface area (TPSA) is 58.2 Å². The van der Waals surface area contributed by atoms with E-state index >= 15 is 0 Å². The fourth-order valence-corrected chi connectivity index (χ4v) is 2.76. The summed E-state index contributed by atoms with van der Waals surface area (Å²) in [6.07, 6.45) is 0.0823. The summed E-state index contributed by atoms with van der Waals surface area (Å²) in [7, 11) is 0. The molecular weight excluding hydrogens is 322 g/mol. The van der Waals surface area contributed by atoms with Crippen molar-refractivity contribution in [3.63, 3.8) is 0 Å². The van der Waals surface area contributed by atoms with Crippen LogP contribution in [0.25, 0.3) is 0 Å². The first-order valence-electron chi connectivity index (χ1n) is 7.00. The molecule has 2 amide bonds. The summed E-state index contributed by atoms with van der Waals surface area (Å²) in [6, 6.07) is 4.70. The zero-order valence-electron chi connectivity index (χ0n) is 12.5. The molecule has 1 aromatic heterocycles. The Morgan fingerprint density at radius 2 is 1.96 bits per heavy atom. The Morgan fingerprint density at radius 1 is 1.17 bits per heavy atom. The van der Waals surface area contributed by atoms with Crippen molar-refractivity contribution in [1.29, 1.82) is 0 Å². The van der Waals surface area contributed by atoms with Gasteiger partial charge in [0.25, 0.3) is 5.91 Å². The quantitative estimate of drug-likeness (QED) is 0.851. The van der Waals surface area contributed by atoms with Crippen LogP contribution in [-0.2, 0) is 11.3 Å². The summed E-state index contributed by atoms with van der Waals surface area (Å²) in [6.45, 7) is 2.49. The number of hydrogen-bond donors (Lipinski definition) is 2. The Kier molecular flexibility index (Phi) is 5.81. The highest BCUT2D eigenvalue weighted by Crippen LogP contribution is 2.14. The molecule has 0 aliphatic carbocycles. The molecule has 0 radical (unpaired) electrons. The maximum absolute atomic E-state index is 13.4. The van der Waals surface area contributed by atoms with E-state index in [4.69, 9.17) is 0 Å². The number of hydrogen-bond acceptors (Lipinski definition) is 3. The first-order chi connectivity index (χ1) is 11.0. The molecule has 0 atom stereocenters. The first kappa shape index (κ1) is 17.1. The van der Waals surface area contributed by atoms with Crippen LogP contribution >= 0.6 is 11.3 Å². The monoisotopic (exact) mass is 338 g/mol. The third kappa shape index (κ3) is 4.85. The Hall–Kier alpha value is -2.28. The molecule has 0 saturated carbocycles. The number of nitrogens with one attached hydrogen (secondary N) is 2. The van der Waals surface area contributed by atoms with E-state index in [0.717, 1.165) is 22.6 Å². The SMILES string of the molecule is Cc1ccsc1CNC(=O)CCNC(=O)c1ccc(F)cc1F. The standard InChI is InChI=1S/C16H16F2N2O2S/c1-10-5-7-23-14(10)9-20-15(21)4-6-19-16(22)12-3-2-11(17)8-13(12)18/h2-3,5,7-8H,4,6,9H2,1H3,(H,19,22)(H,20,21). The zero-order chi connectivity index (χ0) is 16.8. The molecule has 1 aromatic carbocycles. The van der Waals surface area contributed by atoms with Crippen LogP contribution in [0.4, 0.5) is 8.78 Å². The molecule has 0 spiro atoms. The maximum atomic E-state index is 13.4. The van der Waals surface area contributed by atoms with Gasteiger partial charge in [-0.25, -0.2) is 8.78 Å². The Morgan fingerprint density at radius 3 is 2.61 bits per heavy atom. The predicted octanol–water partition coefficient (Wildman–Crippen LogP) is 2.77. The minimum Gasteiger partial charge on any atom is -0.351 e. The van der Waals surface area contributed by atoms with Crippen LogP contribution in [0, 0.1) is 18.6 Å². The van der Waals surface area contributed by atoms with E-state index in [2.05, 4.69) is 10.6 Å². The summed E-state index contributed by atoms with van der Waals surface area (Å²) >= 11 is 1.56. The largest absolute Gasteiger partial charge is 0.351 e. The summed E-state index contributed by atoms with van der Waals surface area (Å²) in [4.78, 5) is 24.5. The molecule has 4 nitrogen and oxygen atoms in total. The Bertz CT molecular complexity index is 716. The van der Waals surface area contributed by atoms with E-state index in [9.17, 15) is 18.4 Å². The Balaban J connectivity index is 1.74. The van der Waals surface area contributed by atoms with Crippen LogP contribution in [0.1, 0.15) is 27.2 Å². The van der Waals surface area contributed by atoms with E-state index in [1.807, 2.05) is 18.4 Å². The third-order valence-electron chi connectivity index (χ3n) is 3.23. The number of thiophene rings is 1. The van der Waals surface area contributed by atoms with Gasteiger partial charge in [-0.2, -0.15) is 0 Å². The minimum absolute atomic E-state index is 0.0743. The molecule has 0 bridgehead atoms. The van der Waals surface area contributed by atoms with E-state index in [0.29, 0.717) is 12.6 Å². The van der Waals surface area contributed by atoms with E-state index in [1.165, 1.54) is 0 Å². The molecule has 0 aliphatic rings. The summed E-state index contributed by atoms with van der Waals surface area (Å²) in [5.41, 5.74) is 0.872. The highest BCUT2D eigenvalue weighted by molar-refractivity contribution is 7.10. The predicted molar refractivity (Wildman–Crippen MR) is 84.2 cm³/mol. The molecule has 0 fully saturated rings. The fourth-order valence-electron chi connectivity index (χ4n) is 1.91. The minimum atomic E-state index is -0.930. The molecular formula is C16H16F2N2O2S. The summed E-state index contributed by atoms with van der Waals surface area (Å²) in [5.74, 6) is -2.57. The smallest absolute Gasteiger partial charge is 0.254 e. The van der Waals surface area contributed by atoms with Gasteiger partial charge in [0.1, 0.15) is 11.6 Å². The van der Waals surface area contributed by atoms with Crippen molar-refractivity contribution in [2.45, 2.75) is 19.9 Å². The lowest BCUT2D eigenvalue weighted by molar-refractivity contribution is -0.121.